The minimum absolute atomic E-state index is 0.290. The Hall–Kier alpha value is -1.43. The second-order valence-corrected chi connectivity index (χ2v) is 6.88. The fourth-order valence-corrected chi connectivity index (χ4v) is 3.72. The first-order valence-corrected chi connectivity index (χ1v) is 8.34. The maximum Gasteiger partial charge on any atom is 0.124 e. The fraction of sp³-hybridized carbons (Fsp3) is 0.353. The van der Waals surface area contributed by atoms with Crippen molar-refractivity contribution >= 4 is 37.7 Å². The lowest BCUT2D eigenvalue weighted by Gasteiger charge is -2.07. The summed E-state index contributed by atoms with van der Waals surface area (Å²) in [6.45, 7) is 1.80. The molecule has 0 spiro atoms. The lowest BCUT2D eigenvalue weighted by atomic mass is 10.1. The zero-order valence-corrected chi connectivity index (χ0v) is 14.0. The van der Waals surface area contributed by atoms with Gasteiger partial charge in [-0.3, -0.25) is 0 Å². The Morgan fingerprint density at radius 2 is 2.23 bits per heavy atom. The van der Waals surface area contributed by atoms with Gasteiger partial charge in [-0.05, 0) is 35.9 Å². The van der Waals surface area contributed by atoms with Crippen molar-refractivity contribution < 1.29 is 4.74 Å². The molecule has 114 valence electrons. The van der Waals surface area contributed by atoms with E-state index in [2.05, 4.69) is 56.6 Å². The van der Waals surface area contributed by atoms with E-state index in [1.54, 1.807) is 7.11 Å². The van der Waals surface area contributed by atoms with Crippen molar-refractivity contribution in [1.29, 1.82) is 0 Å². The maximum atomic E-state index is 5.26. The molecule has 0 aliphatic carbocycles. The Morgan fingerprint density at radius 1 is 1.32 bits per heavy atom. The highest BCUT2D eigenvalue weighted by atomic mass is 79.9. The molecule has 2 heterocycles. The topological polar surface area (TPSA) is 49.9 Å². The molecule has 4 rings (SSSR count). The number of benzene rings is 2. The van der Waals surface area contributed by atoms with Crippen molar-refractivity contribution in [3.63, 3.8) is 0 Å². The molecule has 0 unspecified atom stereocenters. The van der Waals surface area contributed by atoms with Gasteiger partial charge in [-0.25, -0.2) is 4.98 Å². The van der Waals surface area contributed by atoms with Crippen molar-refractivity contribution in [3.8, 4) is 0 Å². The molecule has 2 aromatic carbocycles. The molecule has 2 atom stereocenters. The predicted molar refractivity (Wildman–Crippen MR) is 92.0 cm³/mol. The van der Waals surface area contributed by atoms with Gasteiger partial charge < -0.3 is 15.0 Å². The third-order valence-corrected chi connectivity index (χ3v) is 4.90. The second kappa shape index (κ2) is 5.65. The van der Waals surface area contributed by atoms with Crippen molar-refractivity contribution in [3.05, 3.63) is 40.6 Å². The number of hydrogen-bond donors (Lipinski definition) is 2. The quantitative estimate of drug-likeness (QED) is 0.748. The number of H-pyrrole nitrogens is 1. The second-order valence-electron chi connectivity index (χ2n) is 5.97. The number of ether oxygens (including phenoxy) is 1. The number of fused-ring (bicyclic) bond motifs is 3. The molecule has 22 heavy (non-hydrogen) atoms. The van der Waals surface area contributed by atoms with Gasteiger partial charge in [0, 0.05) is 23.5 Å². The number of methoxy groups -OCH3 is 1. The standard InChI is InChI=1S/C17H18BrN3O/c1-22-9-10-6-15(19-8-10)17-20-14-5-2-11-7-12(18)3-4-13(11)16(14)21-17/h2-5,7,10,15,19H,6,8-9H2,1H3,(H,20,21)/t10-,15-/m0/s1. The SMILES string of the molecule is COC[C@@H]1CN[C@H](c2nc3ccc4cc(Br)ccc4c3[nH]2)C1. The first-order valence-electron chi connectivity index (χ1n) is 7.55. The molecule has 1 aliphatic heterocycles. The van der Waals surface area contributed by atoms with E-state index in [1.165, 1.54) is 10.8 Å². The van der Waals surface area contributed by atoms with Crippen molar-refractivity contribution in [2.75, 3.05) is 20.3 Å². The molecular weight excluding hydrogens is 342 g/mol. The van der Waals surface area contributed by atoms with Gasteiger partial charge in [-0.15, -0.1) is 0 Å². The molecule has 0 bridgehead atoms. The summed E-state index contributed by atoms with van der Waals surface area (Å²) in [6.07, 6.45) is 1.07. The van der Waals surface area contributed by atoms with Crippen LogP contribution in [0.25, 0.3) is 21.8 Å². The number of imidazole rings is 1. The van der Waals surface area contributed by atoms with Crippen LogP contribution in [0.15, 0.2) is 34.8 Å². The molecular formula is C17H18BrN3O. The van der Waals surface area contributed by atoms with Gasteiger partial charge >= 0.3 is 0 Å². The number of hydrogen-bond acceptors (Lipinski definition) is 3. The predicted octanol–water partition coefficient (Wildman–Crippen LogP) is 3.78. The maximum absolute atomic E-state index is 5.26. The molecule has 1 aliphatic rings. The third-order valence-electron chi connectivity index (χ3n) is 4.41. The number of rotatable bonds is 3. The van der Waals surface area contributed by atoms with Gasteiger partial charge in [0.2, 0.25) is 0 Å². The number of nitrogens with one attached hydrogen (secondary N) is 2. The van der Waals surface area contributed by atoms with E-state index in [9.17, 15) is 0 Å². The first-order chi connectivity index (χ1) is 10.7. The highest BCUT2D eigenvalue weighted by Crippen LogP contribution is 2.30. The molecule has 0 amide bonds. The molecule has 0 saturated carbocycles. The Labute approximate surface area is 137 Å². The van der Waals surface area contributed by atoms with Crippen LogP contribution in [-0.2, 0) is 4.74 Å². The number of aromatic amines is 1. The summed E-state index contributed by atoms with van der Waals surface area (Å²) < 4.78 is 6.36. The molecule has 2 N–H and O–H groups in total. The van der Waals surface area contributed by atoms with Crippen LogP contribution in [0.2, 0.25) is 0 Å². The Morgan fingerprint density at radius 3 is 3.09 bits per heavy atom. The summed E-state index contributed by atoms with van der Waals surface area (Å²) in [5, 5.41) is 5.97. The van der Waals surface area contributed by atoms with Crippen molar-refractivity contribution in [2.24, 2.45) is 5.92 Å². The van der Waals surface area contributed by atoms with Crippen LogP contribution < -0.4 is 5.32 Å². The number of nitrogens with zero attached hydrogens (tertiary/aromatic N) is 1. The fourth-order valence-electron chi connectivity index (χ4n) is 3.34. The average Bonchev–Trinajstić information content (AvgIpc) is 3.13. The average molecular weight is 360 g/mol. The van der Waals surface area contributed by atoms with E-state index in [0.29, 0.717) is 5.92 Å². The molecule has 3 aromatic rings. The van der Waals surface area contributed by atoms with Crippen molar-refractivity contribution in [1.82, 2.24) is 15.3 Å². The monoisotopic (exact) mass is 359 g/mol. The molecule has 4 nitrogen and oxygen atoms in total. The first kappa shape index (κ1) is 14.2. The van der Waals surface area contributed by atoms with Crippen LogP contribution in [0, 0.1) is 5.92 Å². The van der Waals surface area contributed by atoms with Crippen LogP contribution >= 0.6 is 15.9 Å². The number of aromatic nitrogens is 2. The van der Waals surface area contributed by atoms with Gasteiger partial charge in [-0.2, -0.15) is 0 Å². The third kappa shape index (κ3) is 2.43. The van der Waals surface area contributed by atoms with Gasteiger partial charge in [0.15, 0.2) is 0 Å². The minimum atomic E-state index is 0.290. The van der Waals surface area contributed by atoms with Crippen LogP contribution in [-0.4, -0.2) is 30.2 Å². The van der Waals surface area contributed by atoms with Crippen LogP contribution in [0.3, 0.4) is 0 Å². The molecule has 0 radical (unpaired) electrons. The lowest BCUT2D eigenvalue weighted by Crippen LogP contribution is -2.15. The summed E-state index contributed by atoms with van der Waals surface area (Å²) >= 11 is 3.53. The van der Waals surface area contributed by atoms with E-state index in [0.717, 1.165) is 40.9 Å². The zero-order valence-electron chi connectivity index (χ0n) is 12.4. The summed E-state index contributed by atoms with van der Waals surface area (Å²) in [5.74, 6) is 1.60. The van der Waals surface area contributed by atoms with Crippen LogP contribution in [0.5, 0.6) is 0 Å². The van der Waals surface area contributed by atoms with Gasteiger partial charge in [0.05, 0.1) is 23.7 Å². The van der Waals surface area contributed by atoms with Crippen LogP contribution in [0.4, 0.5) is 0 Å². The van der Waals surface area contributed by atoms with Crippen molar-refractivity contribution in [2.45, 2.75) is 12.5 Å². The Bertz CT molecular complexity index is 829. The normalized spacial score (nSPS) is 21.9. The van der Waals surface area contributed by atoms with Gasteiger partial charge in [0.1, 0.15) is 5.82 Å². The smallest absolute Gasteiger partial charge is 0.124 e. The van der Waals surface area contributed by atoms with E-state index < -0.39 is 0 Å². The molecule has 5 heteroatoms. The van der Waals surface area contributed by atoms with Gasteiger partial charge in [0.25, 0.3) is 0 Å². The van der Waals surface area contributed by atoms with Crippen LogP contribution in [0.1, 0.15) is 18.3 Å². The summed E-state index contributed by atoms with van der Waals surface area (Å²) in [6, 6.07) is 10.9. The van der Waals surface area contributed by atoms with E-state index in [1.807, 2.05) is 0 Å². The molecule has 1 aromatic heterocycles. The summed E-state index contributed by atoms with van der Waals surface area (Å²) in [7, 11) is 1.76. The summed E-state index contributed by atoms with van der Waals surface area (Å²) in [5.41, 5.74) is 2.15. The molecule has 1 fully saturated rings. The Kier molecular flexibility index (Phi) is 3.64. The van der Waals surface area contributed by atoms with E-state index in [4.69, 9.17) is 9.72 Å². The highest BCUT2D eigenvalue weighted by molar-refractivity contribution is 9.10. The number of halogens is 1. The largest absolute Gasteiger partial charge is 0.384 e. The minimum Gasteiger partial charge on any atom is -0.384 e. The lowest BCUT2D eigenvalue weighted by molar-refractivity contribution is 0.159. The van der Waals surface area contributed by atoms with E-state index in [-0.39, 0.29) is 6.04 Å². The molecule has 1 saturated heterocycles. The highest BCUT2D eigenvalue weighted by Gasteiger charge is 2.27. The van der Waals surface area contributed by atoms with Gasteiger partial charge in [-0.1, -0.05) is 28.1 Å². The van der Waals surface area contributed by atoms with E-state index >= 15 is 0 Å². The summed E-state index contributed by atoms with van der Waals surface area (Å²) in [4.78, 5) is 8.32. The Balaban J connectivity index is 1.73. The zero-order chi connectivity index (χ0) is 15.1.